The predicted octanol–water partition coefficient (Wildman–Crippen LogP) is 0.870. The molecule has 1 saturated carbocycles. The lowest BCUT2D eigenvalue weighted by atomic mass is 9.84. The van der Waals surface area contributed by atoms with Gasteiger partial charge in [0, 0.05) is 19.1 Å². The highest BCUT2D eigenvalue weighted by atomic mass is 16.5. The van der Waals surface area contributed by atoms with Crippen molar-refractivity contribution in [3.63, 3.8) is 0 Å². The van der Waals surface area contributed by atoms with Crippen LogP contribution in [-0.4, -0.2) is 49.0 Å². The van der Waals surface area contributed by atoms with Crippen LogP contribution in [0.2, 0.25) is 0 Å². The van der Waals surface area contributed by atoms with Crippen LogP contribution in [0.4, 0.5) is 0 Å². The maximum atomic E-state index is 9.02. The van der Waals surface area contributed by atoms with Crippen molar-refractivity contribution in [2.45, 2.75) is 31.7 Å². The van der Waals surface area contributed by atoms with Crippen molar-refractivity contribution in [2.75, 3.05) is 32.9 Å². The minimum absolute atomic E-state index is 0.281. The third-order valence-corrected chi connectivity index (χ3v) is 3.58. The number of fused-ring (bicyclic) bond motifs is 1. The molecule has 0 aromatic heterocycles. The average Bonchev–Trinajstić information content (AvgIpc) is 2.42. The van der Waals surface area contributed by atoms with Gasteiger partial charge in [0.25, 0.3) is 0 Å². The molecule has 1 saturated heterocycles. The summed E-state index contributed by atoms with van der Waals surface area (Å²) in [6, 6.07) is 0.679. The Morgan fingerprint density at radius 3 is 3.00 bits per heavy atom. The molecule has 2 fully saturated rings. The maximum absolute atomic E-state index is 9.02. The largest absolute Gasteiger partial charge is 0.395 e. The molecule has 0 spiro atoms. The molecule has 2 rings (SSSR count). The molecule has 0 aromatic rings. The highest BCUT2D eigenvalue weighted by Gasteiger charge is 2.31. The summed E-state index contributed by atoms with van der Waals surface area (Å²) in [4.78, 5) is 2.43. The molecule has 0 aromatic carbocycles. The van der Waals surface area contributed by atoms with Gasteiger partial charge in [-0.3, -0.25) is 4.90 Å². The van der Waals surface area contributed by atoms with E-state index in [4.69, 9.17) is 9.84 Å². The van der Waals surface area contributed by atoms with Gasteiger partial charge in [0.2, 0.25) is 0 Å². The molecule has 1 aliphatic heterocycles. The smallest absolute Gasteiger partial charge is 0.0593 e. The van der Waals surface area contributed by atoms with Crippen LogP contribution in [0.15, 0.2) is 0 Å². The number of aliphatic hydroxyl groups is 1. The van der Waals surface area contributed by atoms with Gasteiger partial charge in [0.15, 0.2) is 0 Å². The van der Waals surface area contributed by atoms with Crippen molar-refractivity contribution in [2.24, 2.45) is 5.92 Å². The highest BCUT2D eigenvalue weighted by molar-refractivity contribution is 4.84. The second-order valence-electron chi connectivity index (χ2n) is 4.45. The van der Waals surface area contributed by atoms with Crippen LogP contribution in [0.25, 0.3) is 0 Å². The van der Waals surface area contributed by atoms with E-state index in [1.165, 1.54) is 25.7 Å². The zero-order valence-electron chi connectivity index (χ0n) is 8.82. The number of nitrogens with zero attached hydrogens (tertiary/aromatic N) is 1. The van der Waals surface area contributed by atoms with Crippen molar-refractivity contribution >= 4 is 0 Å². The summed E-state index contributed by atoms with van der Waals surface area (Å²) in [5.41, 5.74) is 0. The fourth-order valence-corrected chi connectivity index (χ4v) is 2.85. The SMILES string of the molecule is OCCN1CCOC[C@H]2CCCC[C@H]21. The summed E-state index contributed by atoms with van der Waals surface area (Å²) in [5.74, 6) is 0.720. The molecule has 0 radical (unpaired) electrons. The molecule has 0 bridgehead atoms. The molecular weight excluding hydrogens is 178 g/mol. The first-order valence-electron chi connectivity index (χ1n) is 5.84. The number of hydrogen-bond acceptors (Lipinski definition) is 3. The number of rotatable bonds is 2. The van der Waals surface area contributed by atoms with Gasteiger partial charge in [-0.2, -0.15) is 0 Å². The summed E-state index contributed by atoms with van der Waals surface area (Å²) in [7, 11) is 0. The van der Waals surface area contributed by atoms with Gasteiger partial charge in [-0.25, -0.2) is 0 Å². The fourth-order valence-electron chi connectivity index (χ4n) is 2.85. The normalized spacial score (nSPS) is 34.9. The Kier molecular flexibility index (Phi) is 3.79. The van der Waals surface area contributed by atoms with Crippen LogP contribution >= 0.6 is 0 Å². The average molecular weight is 199 g/mol. The van der Waals surface area contributed by atoms with E-state index < -0.39 is 0 Å². The number of β-amino-alcohol motifs (C(OH)–C–C–N with tert-alkyl or cyclic N) is 1. The molecule has 82 valence electrons. The van der Waals surface area contributed by atoms with Crippen molar-refractivity contribution in [3.8, 4) is 0 Å². The van der Waals surface area contributed by atoms with E-state index >= 15 is 0 Å². The molecular formula is C11H21NO2. The summed E-state index contributed by atoms with van der Waals surface area (Å²) >= 11 is 0. The summed E-state index contributed by atoms with van der Waals surface area (Å²) in [6.45, 7) is 3.88. The molecule has 0 unspecified atom stereocenters. The lowest BCUT2D eigenvalue weighted by Gasteiger charge is -2.37. The van der Waals surface area contributed by atoms with Crippen LogP contribution in [0.1, 0.15) is 25.7 Å². The molecule has 2 atom stereocenters. The molecule has 14 heavy (non-hydrogen) atoms. The van der Waals surface area contributed by atoms with Gasteiger partial charge < -0.3 is 9.84 Å². The molecule has 1 heterocycles. The topological polar surface area (TPSA) is 32.7 Å². The van der Waals surface area contributed by atoms with E-state index in [9.17, 15) is 0 Å². The van der Waals surface area contributed by atoms with Gasteiger partial charge in [0.1, 0.15) is 0 Å². The van der Waals surface area contributed by atoms with Crippen molar-refractivity contribution in [1.82, 2.24) is 4.90 Å². The molecule has 1 aliphatic carbocycles. The quantitative estimate of drug-likeness (QED) is 0.716. The van der Waals surface area contributed by atoms with Gasteiger partial charge in [-0.15, -0.1) is 0 Å². The number of aliphatic hydroxyl groups excluding tert-OH is 1. The van der Waals surface area contributed by atoms with E-state index in [0.29, 0.717) is 6.04 Å². The monoisotopic (exact) mass is 199 g/mol. The Hall–Kier alpha value is -0.120. The molecule has 3 heteroatoms. The Morgan fingerprint density at radius 2 is 2.14 bits per heavy atom. The molecule has 3 nitrogen and oxygen atoms in total. The number of hydrogen-bond donors (Lipinski definition) is 1. The van der Waals surface area contributed by atoms with E-state index in [1.807, 2.05) is 0 Å². The Bertz CT molecular complexity index is 175. The Labute approximate surface area is 86.0 Å². The van der Waals surface area contributed by atoms with Gasteiger partial charge in [-0.1, -0.05) is 12.8 Å². The van der Waals surface area contributed by atoms with E-state index in [0.717, 1.165) is 32.2 Å². The van der Waals surface area contributed by atoms with Crippen molar-refractivity contribution < 1.29 is 9.84 Å². The second kappa shape index (κ2) is 5.10. The van der Waals surface area contributed by atoms with Crippen LogP contribution in [-0.2, 0) is 4.74 Å². The first-order chi connectivity index (χ1) is 6.92. The lowest BCUT2D eigenvalue weighted by molar-refractivity contribution is 0.0871. The van der Waals surface area contributed by atoms with Gasteiger partial charge in [-0.05, 0) is 18.8 Å². The van der Waals surface area contributed by atoms with Crippen LogP contribution in [0.5, 0.6) is 0 Å². The van der Waals surface area contributed by atoms with Crippen molar-refractivity contribution in [1.29, 1.82) is 0 Å². The third-order valence-electron chi connectivity index (χ3n) is 3.58. The van der Waals surface area contributed by atoms with Crippen LogP contribution in [0, 0.1) is 5.92 Å². The lowest BCUT2D eigenvalue weighted by Crippen LogP contribution is -2.44. The Balaban J connectivity index is 1.99. The fraction of sp³-hybridized carbons (Fsp3) is 1.00. The predicted molar refractivity (Wildman–Crippen MR) is 55.2 cm³/mol. The summed E-state index contributed by atoms with van der Waals surface area (Å²) in [6.07, 6.45) is 5.32. The minimum atomic E-state index is 0.281. The molecule has 2 aliphatic rings. The highest BCUT2D eigenvalue weighted by Crippen LogP contribution is 2.29. The summed E-state index contributed by atoms with van der Waals surface area (Å²) in [5, 5.41) is 9.02. The van der Waals surface area contributed by atoms with E-state index in [2.05, 4.69) is 4.90 Å². The second-order valence-corrected chi connectivity index (χ2v) is 4.45. The van der Waals surface area contributed by atoms with Crippen LogP contribution in [0.3, 0.4) is 0 Å². The third kappa shape index (κ3) is 2.27. The van der Waals surface area contributed by atoms with Crippen molar-refractivity contribution in [3.05, 3.63) is 0 Å². The summed E-state index contributed by atoms with van der Waals surface area (Å²) < 4.78 is 5.62. The van der Waals surface area contributed by atoms with E-state index in [-0.39, 0.29) is 6.61 Å². The number of ether oxygens (including phenoxy) is 1. The minimum Gasteiger partial charge on any atom is -0.395 e. The van der Waals surface area contributed by atoms with Gasteiger partial charge in [0.05, 0.1) is 19.8 Å². The maximum Gasteiger partial charge on any atom is 0.0593 e. The zero-order chi connectivity index (χ0) is 9.80. The first kappa shape index (κ1) is 10.4. The van der Waals surface area contributed by atoms with E-state index in [1.54, 1.807) is 0 Å². The van der Waals surface area contributed by atoms with Gasteiger partial charge >= 0.3 is 0 Å². The standard InChI is InChI=1S/C11H21NO2/c13-7-5-12-6-8-14-9-10-3-1-2-4-11(10)12/h10-11,13H,1-9H2/t10-,11-/m1/s1. The molecule has 0 amide bonds. The molecule has 1 N–H and O–H groups in total. The Morgan fingerprint density at radius 1 is 1.29 bits per heavy atom. The van der Waals surface area contributed by atoms with Crippen LogP contribution < -0.4 is 0 Å². The zero-order valence-corrected chi connectivity index (χ0v) is 8.82. The first-order valence-corrected chi connectivity index (χ1v) is 5.84.